The highest BCUT2D eigenvalue weighted by Gasteiger charge is 2.76. The van der Waals surface area contributed by atoms with Gasteiger partial charge in [-0.3, -0.25) is 24.0 Å². The van der Waals surface area contributed by atoms with Crippen LogP contribution in [0.25, 0.3) is 6.08 Å². The van der Waals surface area contributed by atoms with Crippen LogP contribution in [-0.2, 0) is 67.1 Å². The number of esters is 2. The summed E-state index contributed by atoms with van der Waals surface area (Å²) in [6.45, 7) is 12.2. The molecule has 7 fully saturated rings. The first kappa shape index (κ1) is 45.6. The standard InChI is InChI=1S/C52H67N3O11/c1-48(2,3)63-41(58)17-15-35(29-56)54-40(57)19-21-53-47(60)52-27-38-42-43(65-51(64-42)24-33-12-7-8-13-34(33)25-51)45(52)66-55(44(52)46(59)61-38)28-31-11-9-10-30(22-31)23-32-14-16-39-50(6,62-39)20-18-37-36(32)26-49(37,4)5/h7-13,22-23,35-39,42-45,56H,14-21,24-29H2,1-6H3,(H,53,60)(H,54,57)/t35-,36+,37+,38+,39?,42-,43-,44-,45+,50+,52-/m0/s1. The van der Waals surface area contributed by atoms with Gasteiger partial charge in [0.2, 0.25) is 11.8 Å². The Bertz CT molecular complexity index is 2260. The first-order chi connectivity index (χ1) is 31.4. The molecule has 3 N–H and O–H groups in total. The lowest BCUT2D eigenvalue weighted by Crippen LogP contribution is -2.69. The van der Waals surface area contributed by atoms with Gasteiger partial charge in [0.25, 0.3) is 0 Å². The van der Waals surface area contributed by atoms with E-state index in [1.54, 1.807) is 25.8 Å². The fourth-order valence-electron chi connectivity index (χ4n) is 12.8. The number of benzene rings is 2. The van der Waals surface area contributed by atoms with Crippen molar-refractivity contribution in [3.63, 3.8) is 0 Å². The van der Waals surface area contributed by atoms with Crippen LogP contribution in [0.1, 0.15) is 122 Å². The van der Waals surface area contributed by atoms with Crippen molar-refractivity contribution in [2.45, 2.75) is 178 Å². The molecule has 1 spiro atoms. The Hall–Kier alpha value is -4.18. The van der Waals surface area contributed by atoms with Crippen molar-refractivity contribution in [3.05, 3.63) is 76.4 Å². The molecule has 0 aromatic heterocycles. The van der Waals surface area contributed by atoms with Crippen LogP contribution < -0.4 is 10.6 Å². The van der Waals surface area contributed by atoms with E-state index in [0.29, 0.717) is 36.2 Å². The summed E-state index contributed by atoms with van der Waals surface area (Å²) >= 11 is 0. The molecule has 14 nitrogen and oxygen atoms in total. The van der Waals surface area contributed by atoms with Crippen molar-refractivity contribution in [1.82, 2.24) is 15.7 Å². The second-order valence-corrected chi connectivity index (χ2v) is 22.4. The monoisotopic (exact) mass is 909 g/mol. The summed E-state index contributed by atoms with van der Waals surface area (Å²) in [5.41, 5.74) is 3.98. The Morgan fingerprint density at radius 3 is 2.45 bits per heavy atom. The van der Waals surface area contributed by atoms with Crippen LogP contribution >= 0.6 is 0 Å². The molecule has 66 heavy (non-hydrogen) atoms. The maximum Gasteiger partial charge on any atom is 0.327 e. The second kappa shape index (κ2) is 16.8. The minimum atomic E-state index is -1.42. The van der Waals surface area contributed by atoms with E-state index in [9.17, 15) is 24.3 Å². The summed E-state index contributed by atoms with van der Waals surface area (Å²) in [7, 11) is 0. The molecule has 4 heterocycles. The molecule has 2 bridgehead atoms. The zero-order valence-corrected chi connectivity index (χ0v) is 39.3. The molecular formula is C52H67N3O11. The van der Waals surface area contributed by atoms with Gasteiger partial charge in [-0.05, 0) is 106 Å². The van der Waals surface area contributed by atoms with E-state index in [1.807, 2.05) is 24.3 Å². The number of ether oxygens (including phenoxy) is 5. The molecule has 4 aliphatic heterocycles. The SMILES string of the molecule is CC(C)(C)OC(=O)CC[C@@H](CO)NC(=O)CCNC(=O)[C@@]12C[C@H]3OC(=O)[C@@H]1N(Cc1cccc(C=C4CCC5O[C@]5(C)CC[C@@H]5[C@@H]4CC5(C)C)c1)O[C@@H]2[C@H]1OC2(Cc4ccccc4C2)O[C@H]13. The first-order valence-electron chi connectivity index (χ1n) is 24.3. The van der Waals surface area contributed by atoms with E-state index >= 15 is 0 Å². The Morgan fingerprint density at radius 2 is 1.73 bits per heavy atom. The lowest BCUT2D eigenvalue weighted by molar-refractivity contribution is -0.217. The number of fused-ring (bicyclic) bond motifs is 7. The second-order valence-electron chi connectivity index (χ2n) is 22.4. The van der Waals surface area contributed by atoms with Crippen molar-refractivity contribution >= 4 is 29.8 Å². The third-order valence-corrected chi connectivity index (χ3v) is 16.1. The van der Waals surface area contributed by atoms with Crippen LogP contribution in [0.2, 0.25) is 0 Å². The van der Waals surface area contributed by atoms with Crippen molar-refractivity contribution in [2.24, 2.45) is 22.7 Å². The van der Waals surface area contributed by atoms with E-state index in [1.165, 1.54) is 18.4 Å². The molecule has 1 unspecified atom stereocenters. The van der Waals surface area contributed by atoms with Gasteiger partial charge < -0.3 is 39.4 Å². The summed E-state index contributed by atoms with van der Waals surface area (Å²) in [4.78, 5) is 61.6. The minimum Gasteiger partial charge on any atom is -0.460 e. The largest absolute Gasteiger partial charge is 0.460 e. The number of allylic oxidation sites excluding steroid dienone is 1. The highest BCUT2D eigenvalue weighted by atomic mass is 16.8. The third kappa shape index (κ3) is 8.42. The van der Waals surface area contributed by atoms with Crippen molar-refractivity contribution < 1.29 is 52.8 Å². The molecule has 4 saturated heterocycles. The van der Waals surface area contributed by atoms with Gasteiger partial charge in [-0.25, -0.2) is 0 Å². The minimum absolute atomic E-state index is 0.00944. The van der Waals surface area contributed by atoms with Crippen LogP contribution in [0.5, 0.6) is 0 Å². The van der Waals surface area contributed by atoms with Gasteiger partial charge in [0.05, 0.1) is 30.9 Å². The quantitative estimate of drug-likeness (QED) is 0.177. The number of nitrogens with zero attached hydrogens (tertiary/aromatic N) is 1. The van der Waals surface area contributed by atoms with Crippen LogP contribution in [0.3, 0.4) is 0 Å². The lowest BCUT2D eigenvalue weighted by atomic mass is 9.52. The molecule has 2 aromatic rings. The molecule has 10 rings (SSSR count). The van der Waals surface area contributed by atoms with Crippen molar-refractivity contribution in [1.29, 1.82) is 0 Å². The van der Waals surface area contributed by atoms with E-state index in [0.717, 1.165) is 41.5 Å². The summed E-state index contributed by atoms with van der Waals surface area (Å²) in [6, 6.07) is 14.7. The van der Waals surface area contributed by atoms with Gasteiger partial charge in [-0.15, -0.1) is 0 Å². The molecule has 0 radical (unpaired) electrons. The summed E-state index contributed by atoms with van der Waals surface area (Å²) in [5, 5.41) is 17.4. The average Bonchev–Trinajstić information content (AvgIpc) is 3.53. The Balaban J connectivity index is 0.880. The molecule has 14 heteroatoms. The molecule has 8 aliphatic rings. The molecule has 2 aromatic carbocycles. The maximum absolute atomic E-state index is 14.9. The van der Waals surface area contributed by atoms with Crippen LogP contribution in [0.15, 0.2) is 54.1 Å². The number of hydrogen-bond donors (Lipinski definition) is 3. The van der Waals surface area contributed by atoms with Crippen molar-refractivity contribution in [3.8, 4) is 0 Å². The number of rotatable bonds is 12. The first-order valence-corrected chi connectivity index (χ1v) is 24.3. The number of nitrogens with one attached hydrogen (secondary N) is 2. The van der Waals surface area contributed by atoms with Gasteiger partial charge in [0.1, 0.15) is 35.4 Å². The molecule has 356 valence electrons. The zero-order valence-electron chi connectivity index (χ0n) is 39.3. The average molecular weight is 910 g/mol. The van der Waals surface area contributed by atoms with Gasteiger partial charge in [-0.1, -0.05) is 74.0 Å². The number of aliphatic hydroxyl groups excluding tert-OH is 1. The molecule has 3 saturated carbocycles. The van der Waals surface area contributed by atoms with Crippen molar-refractivity contribution in [2.75, 3.05) is 13.2 Å². The predicted molar refractivity (Wildman–Crippen MR) is 241 cm³/mol. The van der Waals surface area contributed by atoms with E-state index in [-0.39, 0.29) is 51.0 Å². The van der Waals surface area contributed by atoms with Gasteiger partial charge in [0, 0.05) is 38.6 Å². The topological polar surface area (TPSA) is 174 Å². The van der Waals surface area contributed by atoms with Gasteiger partial charge in [-0.2, -0.15) is 5.06 Å². The lowest BCUT2D eigenvalue weighted by Gasteiger charge is -2.53. The van der Waals surface area contributed by atoms with Crippen LogP contribution in [0, 0.1) is 22.7 Å². The Labute approximate surface area is 387 Å². The zero-order chi connectivity index (χ0) is 46.4. The number of carbonyl (C=O) groups is 4. The molecule has 2 amide bonds. The number of amides is 2. The van der Waals surface area contributed by atoms with Crippen LogP contribution in [0.4, 0.5) is 0 Å². The summed E-state index contributed by atoms with van der Waals surface area (Å²) in [5.74, 6) is -1.65. The smallest absolute Gasteiger partial charge is 0.327 e. The highest BCUT2D eigenvalue weighted by molar-refractivity contribution is 5.94. The highest BCUT2D eigenvalue weighted by Crippen LogP contribution is 2.61. The van der Waals surface area contributed by atoms with Gasteiger partial charge in [0.15, 0.2) is 11.8 Å². The Kier molecular flexibility index (Phi) is 11.6. The number of epoxide rings is 1. The molecule has 4 aliphatic carbocycles. The fraction of sp³-hybridized carbons (Fsp3) is 0.654. The predicted octanol–water partition coefficient (Wildman–Crippen LogP) is 5.65. The van der Waals surface area contributed by atoms with Crippen LogP contribution in [-0.4, -0.2) is 107 Å². The van der Waals surface area contributed by atoms with E-state index in [4.69, 9.17) is 28.5 Å². The van der Waals surface area contributed by atoms with E-state index in [2.05, 4.69) is 61.7 Å². The maximum atomic E-state index is 14.9. The normalized spacial score (nSPS) is 35.4. The summed E-state index contributed by atoms with van der Waals surface area (Å²) in [6.07, 6.45) is 6.45. The number of aliphatic hydroxyl groups is 1. The number of hydrogen-bond acceptors (Lipinski definition) is 12. The fourth-order valence-corrected chi connectivity index (χ4v) is 12.8. The van der Waals surface area contributed by atoms with E-state index < -0.39 is 77.1 Å². The Morgan fingerprint density at radius 1 is 0.970 bits per heavy atom. The molecular weight excluding hydrogens is 843 g/mol. The number of carbonyl (C=O) groups excluding carboxylic acids is 4. The summed E-state index contributed by atoms with van der Waals surface area (Å²) < 4.78 is 31.6. The molecule has 11 atom stereocenters. The number of hydroxylamine groups is 2. The van der Waals surface area contributed by atoms with Gasteiger partial charge >= 0.3 is 11.9 Å². The third-order valence-electron chi connectivity index (χ3n) is 16.1.